The van der Waals surface area contributed by atoms with Crippen molar-refractivity contribution in [2.45, 2.75) is 39.7 Å². The van der Waals surface area contributed by atoms with Crippen LogP contribution < -0.4 is 5.32 Å². The minimum Gasteiger partial charge on any atom is -0.377 e. The molecule has 0 aliphatic heterocycles. The van der Waals surface area contributed by atoms with Crippen LogP contribution in [0, 0.1) is 5.92 Å². The van der Waals surface area contributed by atoms with Crippen molar-refractivity contribution in [2.75, 3.05) is 20.2 Å². The Kier molecular flexibility index (Phi) is 5.51. The average Bonchev–Trinajstić information content (AvgIpc) is 1.98. The summed E-state index contributed by atoms with van der Waals surface area (Å²) in [6.45, 7) is 10.7. The molecule has 0 saturated carbocycles. The number of hydrogen-bond acceptors (Lipinski definition) is 2. The van der Waals surface area contributed by atoms with Gasteiger partial charge in [0.1, 0.15) is 0 Å². The van der Waals surface area contributed by atoms with Crippen LogP contribution in [0.4, 0.5) is 0 Å². The maximum Gasteiger partial charge on any atom is 0.0746 e. The van der Waals surface area contributed by atoms with Crippen molar-refractivity contribution < 1.29 is 4.74 Å². The van der Waals surface area contributed by atoms with Gasteiger partial charge in [-0.1, -0.05) is 13.8 Å². The van der Waals surface area contributed by atoms with Crippen LogP contribution in [0.3, 0.4) is 0 Å². The van der Waals surface area contributed by atoms with Gasteiger partial charge >= 0.3 is 0 Å². The van der Waals surface area contributed by atoms with Crippen LogP contribution in [-0.4, -0.2) is 25.8 Å². The fourth-order valence-electron chi connectivity index (χ4n) is 0.852. The van der Waals surface area contributed by atoms with Crippen LogP contribution in [0.25, 0.3) is 0 Å². The molecule has 0 atom stereocenters. The van der Waals surface area contributed by atoms with Gasteiger partial charge in [0.05, 0.1) is 5.60 Å². The van der Waals surface area contributed by atoms with E-state index in [1.165, 1.54) is 6.42 Å². The molecule has 1 N–H and O–H groups in total. The molecule has 0 bridgehead atoms. The zero-order valence-corrected chi connectivity index (χ0v) is 9.11. The molecule has 0 aromatic carbocycles. The van der Waals surface area contributed by atoms with E-state index >= 15 is 0 Å². The molecule has 0 heterocycles. The zero-order valence-electron chi connectivity index (χ0n) is 9.11. The molecule has 0 fully saturated rings. The van der Waals surface area contributed by atoms with E-state index in [-0.39, 0.29) is 5.60 Å². The van der Waals surface area contributed by atoms with Crippen LogP contribution in [0.15, 0.2) is 0 Å². The molecule has 2 nitrogen and oxygen atoms in total. The fourth-order valence-corrected chi connectivity index (χ4v) is 0.852. The molecule has 0 radical (unpaired) electrons. The predicted octanol–water partition coefficient (Wildman–Crippen LogP) is 2.05. The highest BCUT2D eigenvalue weighted by atomic mass is 16.5. The Morgan fingerprint density at radius 2 is 1.92 bits per heavy atom. The molecule has 0 aliphatic rings. The lowest BCUT2D eigenvalue weighted by molar-refractivity contribution is 0.0233. The Labute approximate surface area is 76.7 Å². The van der Waals surface area contributed by atoms with Crippen molar-refractivity contribution >= 4 is 0 Å². The summed E-state index contributed by atoms with van der Waals surface area (Å²) < 4.78 is 5.28. The van der Waals surface area contributed by atoms with Gasteiger partial charge in [-0.05, 0) is 32.7 Å². The molecule has 0 aromatic rings. The van der Waals surface area contributed by atoms with Crippen molar-refractivity contribution in [3.05, 3.63) is 0 Å². The lowest BCUT2D eigenvalue weighted by Gasteiger charge is -2.23. The van der Waals surface area contributed by atoms with Crippen molar-refractivity contribution in [1.29, 1.82) is 0 Å². The molecule has 0 unspecified atom stereocenters. The highest BCUT2D eigenvalue weighted by molar-refractivity contribution is 4.70. The third-order valence-electron chi connectivity index (χ3n) is 2.00. The van der Waals surface area contributed by atoms with Gasteiger partial charge in [-0.15, -0.1) is 0 Å². The second kappa shape index (κ2) is 5.55. The van der Waals surface area contributed by atoms with E-state index in [1.54, 1.807) is 7.11 Å². The lowest BCUT2D eigenvalue weighted by Crippen LogP contribution is -2.37. The second-order valence-electron chi connectivity index (χ2n) is 4.32. The summed E-state index contributed by atoms with van der Waals surface area (Å²) in [4.78, 5) is 0. The molecule has 0 aliphatic carbocycles. The van der Waals surface area contributed by atoms with E-state index in [4.69, 9.17) is 4.74 Å². The van der Waals surface area contributed by atoms with Crippen molar-refractivity contribution in [3.8, 4) is 0 Å². The zero-order chi connectivity index (χ0) is 9.61. The van der Waals surface area contributed by atoms with Gasteiger partial charge in [0.25, 0.3) is 0 Å². The van der Waals surface area contributed by atoms with Gasteiger partial charge in [-0.3, -0.25) is 0 Å². The molecular weight excluding hydrogens is 150 g/mol. The SMILES string of the molecule is COC(C)(C)CNCCC(C)C. The number of rotatable bonds is 6. The van der Waals surface area contributed by atoms with E-state index in [1.807, 2.05) is 0 Å². The molecule has 12 heavy (non-hydrogen) atoms. The molecule has 74 valence electrons. The van der Waals surface area contributed by atoms with Crippen LogP contribution >= 0.6 is 0 Å². The molecule has 0 aromatic heterocycles. The first-order chi connectivity index (χ1) is 5.48. The van der Waals surface area contributed by atoms with E-state index in [9.17, 15) is 0 Å². The first kappa shape index (κ1) is 11.9. The normalized spacial score (nSPS) is 12.5. The van der Waals surface area contributed by atoms with Crippen LogP contribution in [-0.2, 0) is 4.74 Å². The first-order valence-electron chi connectivity index (χ1n) is 4.74. The number of ether oxygens (including phenoxy) is 1. The number of nitrogens with one attached hydrogen (secondary N) is 1. The van der Waals surface area contributed by atoms with Gasteiger partial charge in [0.2, 0.25) is 0 Å². The Bertz CT molecular complexity index is 110. The largest absolute Gasteiger partial charge is 0.377 e. The smallest absolute Gasteiger partial charge is 0.0746 e. The Morgan fingerprint density at radius 1 is 1.33 bits per heavy atom. The summed E-state index contributed by atoms with van der Waals surface area (Å²) in [6, 6.07) is 0. The highest BCUT2D eigenvalue weighted by Gasteiger charge is 2.14. The molecule has 2 heteroatoms. The Hall–Kier alpha value is -0.0800. The second-order valence-corrected chi connectivity index (χ2v) is 4.32. The summed E-state index contributed by atoms with van der Waals surface area (Å²) in [6.07, 6.45) is 1.24. The van der Waals surface area contributed by atoms with E-state index in [2.05, 4.69) is 33.0 Å². The van der Waals surface area contributed by atoms with Crippen molar-refractivity contribution in [3.63, 3.8) is 0 Å². The molecule has 0 rings (SSSR count). The van der Waals surface area contributed by atoms with Crippen LogP contribution in [0.2, 0.25) is 0 Å². The topological polar surface area (TPSA) is 21.3 Å². The Balaban J connectivity index is 3.31. The number of hydrogen-bond donors (Lipinski definition) is 1. The van der Waals surface area contributed by atoms with Crippen molar-refractivity contribution in [2.24, 2.45) is 5.92 Å². The van der Waals surface area contributed by atoms with E-state index in [0.717, 1.165) is 19.0 Å². The minimum atomic E-state index is -0.0308. The third-order valence-corrected chi connectivity index (χ3v) is 2.00. The lowest BCUT2D eigenvalue weighted by atomic mass is 10.1. The first-order valence-corrected chi connectivity index (χ1v) is 4.74. The van der Waals surface area contributed by atoms with Gasteiger partial charge in [0.15, 0.2) is 0 Å². The van der Waals surface area contributed by atoms with Gasteiger partial charge in [0, 0.05) is 13.7 Å². The van der Waals surface area contributed by atoms with Gasteiger partial charge < -0.3 is 10.1 Å². The number of methoxy groups -OCH3 is 1. The average molecular weight is 173 g/mol. The quantitative estimate of drug-likeness (QED) is 0.621. The van der Waals surface area contributed by atoms with Gasteiger partial charge in [-0.25, -0.2) is 0 Å². The van der Waals surface area contributed by atoms with Gasteiger partial charge in [-0.2, -0.15) is 0 Å². The van der Waals surface area contributed by atoms with E-state index < -0.39 is 0 Å². The monoisotopic (exact) mass is 173 g/mol. The third kappa shape index (κ3) is 6.62. The fraction of sp³-hybridized carbons (Fsp3) is 1.00. The molecule has 0 saturated heterocycles. The summed E-state index contributed by atoms with van der Waals surface area (Å²) in [5.74, 6) is 0.781. The molecule has 0 amide bonds. The predicted molar refractivity (Wildman–Crippen MR) is 53.4 cm³/mol. The van der Waals surface area contributed by atoms with Crippen molar-refractivity contribution in [1.82, 2.24) is 5.32 Å². The summed E-state index contributed by atoms with van der Waals surface area (Å²) in [5, 5.41) is 3.38. The minimum absolute atomic E-state index is 0.0308. The Morgan fingerprint density at radius 3 is 2.33 bits per heavy atom. The molecule has 0 spiro atoms. The summed E-state index contributed by atoms with van der Waals surface area (Å²) in [5.41, 5.74) is -0.0308. The van der Waals surface area contributed by atoms with Crippen LogP contribution in [0.1, 0.15) is 34.1 Å². The summed E-state index contributed by atoms with van der Waals surface area (Å²) in [7, 11) is 1.75. The molecular formula is C10H23NO. The summed E-state index contributed by atoms with van der Waals surface area (Å²) >= 11 is 0. The van der Waals surface area contributed by atoms with Crippen LogP contribution in [0.5, 0.6) is 0 Å². The maximum absolute atomic E-state index is 5.28. The highest BCUT2D eigenvalue weighted by Crippen LogP contribution is 2.05. The maximum atomic E-state index is 5.28. The van der Waals surface area contributed by atoms with E-state index in [0.29, 0.717) is 0 Å². The standard InChI is InChI=1S/C10H23NO/c1-9(2)6-7-11-8-10(3,4)12-5/h9,11H,6-8H2,1-5H3.